The van der Waals surface area contributed by atoms with E-state index in [4.69, 9.17) is 10.2 Å². The van der Waals surface area contributed by atoms with Crippen molar-refractivity contribution in [3.63, 3.8) is 0 Å². The van der Waals surface area contributed by atoms with E-state index in [0.717, 1.165) is 21.6 Å². The number of rotatable bonds is 2. The van der Waals surface area contributed by atoms with Gasteiger partial charge in [0.15, 0.2) is 5.58 Å². The molecule has 0 atom stereocenters. The lowest BCUT2D eigenvalue weighted by Gasteiger charge is -2.01. The molecule has 0 unspecified atom stereocenters. The normalized spacial score (nSPS) is 10.9. The summed E-state index contributed by atoms with van der Waals surface area (Å²) in [5.41, 5.74) is 9.00. The van der Waals surface area contributed by atoms with Gasteiger partial charge in [0.25, 0.3) is 0 Å². The van der Waals surface area contributed by atoms with E-state index in [1.807, 2.05) is 42.7 Å². The van der Waals surface area contributed by atoms with E-state index >= 15 is 0 Å². The first-order chi connectivity index (χ1) is 8.78. The smallest absolute Gasteiger partial charge is 0.228 e. The molecule has 0 aliphatic rings. The summed E-state index contributed by atoms with van der Waals surface area (Å²) in [5, 5.41) is 0. The maximum Gasteiger partial charge on any atom is 0.228 e. The van der Waals surface area contributed by atoms with Crippen LogP contribution in [-0.4, -0.2) is 11.2 Å². The van der Waals surface area contributed by atoms with Gasteiger partial charge in [0.1, 0.15) is 5.52 Å². The first-order valence-electron chi connectivity index (χ1n) is 5.57. The monoisotopic (exact) mass is 256 g/mol. The summed E-state index contributed by atoms with van der Waals surface area (Å²) >= 11 is 1.68. The topological polar surface area (TPSA) is 52.0 Å². The summed E-state index contributed by atoms with van der Waals surface area (Å²) in [7, 11) is 0. The van der Waals surface area contributed by atoms with Crippen LogP contribution in [0.3, 0.4) is 0 Å². The van der Waals surface area contributed by atoms with Gasteiger partial charge in [0, 0.05) is 10.6 Å². The van der Waals surface area contributed by atoms with E-state index < -0.39 is 0 Å². The number of nitrogen functional groups attached to an aromatic ring is 1. The maximum atomic E-state index is 5.77. The van der Waals surface area contributed by atoms with Crippen molar-refractivity contribution in [2.24, 2.45) is 0 Å². The van der Waals surface area contributed by atoms with Crippen LogP contribution in [-0.2, 0) is 0 Å². The predicted molar refractivity (Wildman–Crippen MR) is 75.6 cm³/mol. The lowest BCUT2D eigenvalue weighted by atomic mass is 10.2. The molecule has 3 nitrogen and oxygen atoms in total. The van der Waals surface area contributed by atoms with Gasteiger partial charge in [-0.05, 0) is 36.6 Å². The van der Waals surface area contributed by atoms with Gasteiger partial charge >= 0.3 is 0 Å². The van der Waals surface area contributed by atoms with Crippen LogP contribution in [0.4, 0.5) is 5.69 Å². The van der Waals surface area contributed by atoms with E-state index in [0.29, 0.717) is 11.6 Å². The molecule has 1 heterocycles. The molecule has 3 aromatic rings. The minimum absolute atomic E-state index is 0.639. The molecule has 0 spiro atoms. The Kier molecular flexibility index (Phi) is 2.72. The lowest BCUT2D eigenvalue weighted by Crippen LogP contribution is -1.82. The fraction of sp³-hybridized carbons (Fsp3) is 0.0714. The number of thioether (sulfide) groups is 1. The Morgan fingerprint density at radius 3 is 2.83 bits per heavy atom. The van der Waals surface area contributed by atoms with Gasteiger partial charge in [-0.1, -0.05) is 12.1 Å². The number of nitrogens with two attached hydrogens (primary N) is 1. The number of oxazole rings is 1. The minimum Gasteiger partial charge on any atom is -0.436 e. The van der Waals surface area contributed by atoms with Crippen LogP contribution in [0.2, 0.25) is 0 Å². The summed E-state index contributed by atoms with van der Waals surface area (Å²) in [5.74, 6) is 0.639. The molecule has 90 valence electrons. The first kappa shape index (κ1) is 11.2. The third-order valence-corrected chi connectivity index (χ3v) is 3.54. The van der Waals surface area contributed by atoms with Gasteiger partial charge in [-0.3, -0.25) is 0 Å². The molecule has 0 amide bonds. The van der Waals surface area contributed by atoms with E-state index in [2.05, 4.69) is 11.1 Å². The SMILES string of the molecule is CSc1ccccc1-c1nc2cc(N)ccc2o1. The number of fused-ring (bicyclic) bond motifs is 1. The molecule has 18 heavy (non-hydrogen) atoms. The lowest BCUT2D eigenvalue weighted by molar-refractivity contribution is 0.618. The minimum atomic E-state index is 0.639. The Morgan fingerprint density at radius 1 is 1.17 bits per heavy atom. The second-order valence-electron chi connectivity index (χ2n) is 3.95. The zero-order valence-electron chi connectivity index (χ0n) is 9.88. The van der Waals surface area contributed by atoms with Crippen molar-refractivity contribution >= 4 is 28.5 Å². The molecule has 0 aliphatic carbocycles. The van der Waals surface area contributed by atoms with E-state index in [1.54, 1.807) is 11.8 Å². The van der Waals surface area contributed by atoms with Crippen molar-refractivity contribution < 1.29 is 4.42 Å². The molecule has 2 N–H and O–H groups in total. The van der Waals surface area contributed by atoms with Crippen LogP contribution in [0.5, 0.6) is 0 Å². The number of nitrogens with zero attached hydrogens (tertiary/aromatic N) is 1. The fourth-order valence-corrected chi connectivity index (χ4v) is 2.47. The molecular formula is C14H12N2OS. The van der Waals surface area contributed by atoms with Crippen molar-refractivity contribution in [2.75, 3.05) is 12.0 Å². The van der Waals surface area contributed by atoms with Crippen LogP contribution in [0, 0.1) is 0 Å². The predicted octanol–water partition coefficient (Wildman–Crippen LogP) is 3.80. The zero-order chi connectivity index (χ0) is 12.5. The molecule has 0 bridgehead atoms. The molecule has 1 aromatic heterocycles. The average molecular weight is 256 g/mol. The Morgan fingerprint density at radius 2 is 2.00 bits per heavy atom. The van der Waals surface area contributed by atoms with Gasteiger partial charge in [0.05, 0.1) is 5.56 Å². The van der Waals surface area contributed by atoms with Crippen molar-refractivity contribution in [2.45, 2.75) is 4.90 Å². The number of anilines is 1. The highest BCUT2D eigenvalue weighted by Crippen LogP contribution is 2.31. The number of aromatic nitrogens is 1. The van der Waals surface area contributed by atoms with Crippen molar-refractivity contribution in [1.29, 1.82) is 0 Å². The van der Waals surface area contributed by atoms with Crippen molar-refractivity contribution in [3.8, 4) is 11.5 Å². The molecule has 0 saturated carbocycles. The van der Waals surface area contributed by atoms with E-state index in [-0.39, 0.29) is 0 Å². The second-order valence-corrected chi connectivity index (χ2v) is 4.79. The first-order valence-corrected chi connectivity index (χ1v) is 6.80. The molecule has 2 aromatic carbocycles. The van der Waals surface area contributed by atoms with Gasteiger partial charge in [-0.25, -0.2) is 4.98 Å². The summed E-state index contributed by atoms with van der Waals surface area (Å²) in [4.78, 5) is 5.64. The summed E-state index contributed by atoms with van der Waals surface area (Å²) in [6, 6.07) is 13.6. The zero-order valence-corrected chi connectivity index (χ0v) is 10.7. The molecule has 0 saturated heterocycles. The Bertz CT molecular complexity index is 706. The quantitative estimate of drug-likeness (QED) is 0.559. The summed E-state index contributed by atoms with van der Waals surface area (Å²) < 4.78 is 5.77. The number of benzene rings is 2. The van der Waals surface area contributed by atoms with Gasteiger partial charge < -0.3 is 10.2 Å². The van der Waals surface area contributed by atoms with Crippen molar-refractivity contribution in [3.05, 3.63) is 42.5 Å². The second kappa shape index (κ2) is 4.38. The standard InChI is InChI=1S/C14H12N2OS/c1-18-13-5-3-2-4-10(13)14-16-11-8-9(15)6-7-12(11)17-14/h2-8H,15H2,1H3. The third kappa shape index (κ3) is 1.84. The highest BCUT2D eigenvalue weighted by Gasteiger charge is 2.11. The van der Waals surface area contributed by atoms with Crippen LogP contribution in [0.15, 0.2) is 51.8 Å². The Hall–Kier alpha value is -1.94. The van der Waals surface area contributed by atoms with Crippen molar-refractivity contribution in [1.82, 2.24) is 4.98 Å². The van der Waals surface area contributed by atoms with Gasteiger partial charge in [0.2, 0.25) is 5.89 Å². The van der Waals surface area contributed by atoms with E-state index in [9.17, 15) is 0 Å². The Balaban J connectivity index is 2.19. The van der Waals surface area contributed by atoms with Gasteiger partial charge in [-0.15, -0.1) is 11.8 Å². The van der Waals surface area contributed by atoms with E-state index in [1.165, 1.54) is 0 Å². The summed E-state index contributed by atoms with van der Waals surface area (Å²) in [6.45, 7) is 0. The van der Waals surface area contributed by atoms with Crippen LogP contribution in [0.1, 0.15) is 0 Å². The molecule has 0 fully saturated rings. The van der Waals surface area contributed by atoms with Gasteiger partial charge in [-0.2, -0.15) is 0 Å². The van der Waals surface area contributed by atoms with Crippen LogP contribution < -0.4 is 5.73 Å². The largest absolute Gasteiger partial charge is 0.436 e. The molecule has 0 aliphatic heterocycles. The third-order valence-electron chi connectivity index (χ3n) is 2.75. The fourth-order valence-electron chi connectivity index (χ4n) is 1.88. The molecular weight excluding hydrogens is 244 g/mol. The van der Waals surface area contributed by atoms with Crippen LogP contribution >= 0.6 is 11.8 Å². The summed E-state index contributed by atoms with van der Waals surface area (Å²) in [6.07, 6.45) is 2.04. The maximum absolute atomic E-state index is 5.77. The highest BCUT2D eigenvalue weighted by molar-refractivity contribution is 7.98. The molecule has 4 heteroatoms. The average Bonchev–Trinajstić information content (AvgIpc) is 2.81. The number of hydrogen-bond donors (Lipinski definition) is 1. The molecule has 3 rings (SSSR count). The molecule has 0 radical (unpaired) electrons. The Labute approximate surface area is 109 Å². The number of hydrogen-bond acceptors (Lipinski definition) is 4. The highest BCUT2D eigenvalue weighted by atomic mass is 32.2. The van der Waals surface area contributed by atoms with Crippen LogP contribution in [0.25, 0.3) is 22.6 Å².